The van der Waals surface area contributed by atoms with Gasteiger partial charge in [0.1, 0.15) is 6.61 Å². The molecule has 0 heterocycles. The summed E-state index contributed by atoms with van der Waals surface area (Å²) in [7, 11) is 0. The number of carbonyl (C=O) groups excluding carboxylic acids is 1. The van der Waals surface area contributed by atoms with Crippen LogP contribution in [0.3, 0.4) is 0 Å². The van der Waals surface area contributed by atoms with Crippen LogP contribution in [-0.4, -0.2) is 29.3 Å². The number of ether oxygens (including phenoxy) is 1. The van der Waals surface area contributed by atoms with Crippen molar-refractivity contribution in [1.82, 2.24) is 0 Å². The maximum absolute atomic E-state index is 10.7. The van der Waals surface area contributed by atoms with Crippen molar-refractivity contribution >= 4 is 30.4 Å². The van der Waals surface area contributed by atoms with Crippen LogP contribution in [-0.2, 0) is 9.53 Å². The summed E-state index contributed by atoms with van der Waals surface area (Å²) in [4.78, 5) is 10.7. The highest BCUT2D eigenvalue weighted by Crippen LogP contribution is 2.19. The van der Waals surface area contributed by atoms with Gasteiger partial charge in [0.05, 0.1) is 5.75 Å². The summed E-state index contributed by atoms with van der Waals surface area (Å²) in [6.07, 6.45) is 3.67. The second kappa shape index (κ2) is 9.71. The Morgan fingerprint density at radius 1 is 1.50 bits per heavy atom. The second-order valence-electron chi connectivity index (χ2n) is 3.07. The van der Waals surface area contributed by atoms with Crippen LogP contribution < -0.4 is 0 Å². The van der Waals surface area contributed by atoms with Crippen molar-refractivity contribution in [2.75, 3.05) is 18.1 Å². The molecular formula is C10H20O2S2. The van der Waals surface area contributed by atoms with E-state index in [2.05, 4.69) is 26.5 Å². The van der Waals surface area contributed by atoms with Gasteiger partial charge in [-0.2, -0.15) is 24.4 Å². The topological polar surface area (TPSA) is 26.3 Å². The fraction of sp³-hybridized carbons (Fsp3) is 0.900. The quantitative estimate of drug-likeness (QED) is 0.399. The van der Waals surface area contributed by atoms with Crippen molar-refractivity contribution in [3.8, 4) is 0 Å². The van der Waals surface area contributed by atoms with E-state index in [0.29, 0.717) is 6.61 Å². The molecule has 14 heavy (non-hydrogen) atoms. The minimum absolute atomic E-state index is 0.177. The molecule has 0 aromatic heterocycles. The van der Waals surface area contributed by atoms with Crippen LogP contribution >= 0.6 is 24.4 Å². The first kappa shape index (κ1) is 14.2. The number of carbonyl (C=O) groups is 1. The molecule has 1 atom stereocenters. The molecule has 0 N–H and O–H groups in total. The Bertz CT molecular complexity index is 151. The lowest BCUT2D eigenvalue weighted by Crippen LogP contribution is -2.10. The van der Waals surface area contributed by atoms with E-state index >= 15 is 0 Å². The molecule has 84 valence electrons. The second-order valence-corrected chi connectivity index (χ2v) is 4.79. The maximum atomic E-state index is 10.7. The van der Waals surface area contributed by atoms with E-state index in [9.17, 15) is 4.79 Å². The van der Waals surface area contributed by atoms with E-state index in [-0.39, 0.29) is 11.7 Å². The average molecular weight is 236 g/mol. The first-order valence-electron chi connectivity index (χ1n) is 5.12. The van der Waals surface area contributed by atoms with Gasteiger partial charge >= 0.3 is 5.97 Å². The van der Waals surface area contributed by atoms with E-state index < -0.39 is 0 Å². The molecule has 0 aliphatic heterocycles. The van der Waals surface area contributed by atoms with E-state index in [1.807, 2.05) is 11.8 Å². The molecule has 0 rings (SSSR count). The summed E-state index contributed by atoms with van der Waals surface area (Å²) < 4.78 is 4.93. The average Bonchev–Trinajstić information content (AvgIpc) is 2.22. The van der Waals surface area contributed by atoms with Gasteiger partial charge in [0.15, 0.2) is 0 Å². The van der Waals surface area contributed by atoms with Crippen LogP contribution in [0.1, 0.15) is 33.1 Å². The van der Waals surface area contributed by atoms with Crippen molar-refractivity contribution in [2.45, 2.75) is 38.4 Å². The normalized spacial score (nSPS) is 12.5. The van der Waals surface area contributed by atoms with Gasteiger partial charge < -0.3 is 4.74 Å². The third-order valence-electron chi connectivity index (χ3n) is 1.90. The monoisotopic (exact) mass is 236 g/mol. The summed E-state index contributed by atoms with van der Waals surface area (Å²) in [5.74, 6) is 0.854. The van der Waals surface area contributed by atoms with Crippen molar-refractivity contribution in [1.29, 1.82) is 0 Å². The van der Waals surface area contributed by atoms with Crippen LogP contribution in [0.5, 0.6) is 0 Å². The Kier molecular flexibility index (Phi) is 9.83. The van der Waals surface area contributed by atoms with Crippen LogP contribution in [0.2, 0.25) is 0 Å². The zero-order valence-electron chi connectivity index (χ0n) is 8.99. The van der Waals surface area contributed by atoms with Gasteiger partial charge in [-0.25, -0.2) is 0 Å². The molecule has 1 unspecified atom stereocenters. The minimum Gasteiger partial charge on any atom is -0.464 e. The highest BCUT2D eigenvalue weighted by molar-refractivity contribution is 7.99. The number of hydrogen-bond donors (Lipinski definition) is 1. The van der Waals surface area contributed by atoms with Crippen LogP contribution in [0.25, 0.3) is 0 Å². The standard InChI is InChI=1S/C10H20O2S2/c1-3-5-9(4-2)14-7-6-12-10(11)8-13/h9,13H,3-8H2,1-2H3. The van der Waals surface area contributed by atoms with Gasteiger partial charge in [0, 0.05) is 11.0 Å². The van der Waals surface area contributed by atoms with Crippen LogP contribution in [0.4, 0.5) is 0 Å². The molecule has 0 aliphatic rings. The Morgan fingerprint density at radius 2 is 2.21 bits per heavy atom. The SMILES string of the molecule is CCCC(CC)SCCOC(=O)CS. The van der Waals surface area contributed by atoms with Gasteiger partial charge in [-0.1, -0.05) is 20.3 Å². The number of esters is 1. The van der Waals surface area contributed by atoms with Crippen molar-refractivity contribution in [3.05, 3.63) is 0 Å². The van der Waals surface area contributed by atoms with Crippen molar-refractivity contribution < 1.29 is 9.53 Å². The molecule has 0 aromatic rings. The highest BCUT2D eigenvalue weighted by Gasteiger charge is 2.05. The summed E-state index contributed by atoms with van der Waals surface area (Å²) in [5.41, 5.74) is 0. The highest BCUT2D eigenvalue weighted by atomic mass is 32.2. The summed E-state index contributed by atoms with van der Waals surface area (Å²) in [6.45, 7) is 4.92. The molecule has 2 nitrogen and oxygen atoms in total. The Balaban J connectivity index is 3.37. The third-order valence-corrected chi connectivity index (χ3v) is 3.60. The smallest absolute Gasteiger partial charge is 0.315 e. The van der Waals surface area contributed by atoms with Gasteiger partial charge in [0.2, 0.25) is 0 Å². The molecule has 0 amide bonds. The van der Waals surface area contributed by atoms with E-state index in [1.165, 1.54) is 19.3 Å². The largest absolute Gasteiger partial charge is 0.464 e. The maximum Gasteiger partial charge on any atom is 0.315 e. The Hall–Kier alpha value is 0.170. The number of hydrogen-bond acceptors (Lipinski definition) is 4. The third kappa shape index (κ3) is 7.56. The molecule has 0 fully saturated rings. The molecular weight excluding hydrogens is 216 g/mol. The van der Waals surface area contributed by atoms with Gasteiger partial charge in [0.25, 0.3) is 0 Å². The molecule has 0 bridgehead atoms. The molecule has 0 radical (unpaired) electrons. The summed E-state index contributed by atoms with van der Waals surface area (Å²) >= 11 is 5.73. The van der Waals surface area contributed by atoms with Gasteiger partial charge in [-0.05, 0) is 12.8 Å². The first-order chi connectivity index (χ1) is 6.74. The van der Waals surface area contributed by atoms with Gasteiger partial charge in [-0.3, -0.25) is 4.79 Å². The van der Waals surface area contributed by atoms with E-state index in [0.717, 1.165) is 11.0 Å². The van der Waals surface area contributed by atoms with E-state index in [4.69, 9.17) is 4.74 Å². The van der Waals surface area contributed by atoms with E-state index in [1.54, 1.807) is 0 Å². The Labute approximate surface area is 96.6 Å². The number of thioether (sulfide) groups is 1. The lowest BCUT2D eigenvalue weighted by molar-refractivity contribution is -0.139. The number of rotatable bonds is 8. The Morgan fingerprint density at radius 3 is 2.71 bits per heavy atom. The zero-order chi connectivity index (χ0) is 10.8. The summed E-state index contributed by atoms with van der Waals surface area (Å²) in [6, 6.07) is 0. The number of thiol groups is 1. The fourth-order valence-electron chi connectivity index (χ4n) is 1.14. The molecule has 0 spiro atoms. The predicted octanol–water partition coefficient (Wildman–Crippen LogP) is 2.77. The lowest BCUT2D eigenvalue weighted by Gasteiger charge is -2.12. The fourth-order valence-corrected chi connectivity index (χ4v) is 2.39. The van der Waals surface area contributed by atoms with Crippen LogP contribution in [0, 0.1) is 0 Å². The lowest BCUT2D eigenvalue weighted by atomic mass is 10.2. The minimum atomic E-state index is -0.225. The zero-order valence-corrected chi connectivity index (χ0v) is 10.7. The van der Waals surface area contributed by atoms with Crippen LogP contribution in [0.15, 0.2) is 0 Å². The van der Waals surface area contributed by atoms with Crippen molar-refractivity contribution in [2.24, 2.45) is 0 Å². The molecule has 0 saturated carbocycles. The van der Waals surface area contributed by atoms with Gasteiger partial charge in [-0.15, -0.1) is 0 Å². The van der Waals surface area contributed by atoms with Crippen molar-refractivity contribution in [3.63, 3.8) is 0 Å². The molecule has 0 aromatic carbocycles. The molecule has 0 saturated heterocycles. The molecule has 4 heteroatoms. The first-order valence-corrected chi connectivity index (χ1v) is 6.80. The predicted molar refractivity (Wildman–Crippen MR) is 66.3 cm³/mol. The molecule has 0 aliphatic carbocycles. The summed E-state index contributed by atoms with van der Waals surface area (Å²) in [5, 5.41) is 0.717.